The standard InChI is InChI=1S/C24H27ClFN3O2/c1-23(2)12-15(13-24(3,4)31-23)20-14-29(16-8-9-18(25)19(26)11-16)21(28-20)17-7-6-10-27-22(17)30-5/h6-11,14-15H,12-13H2,1-5H3. The molecule has 0 aliphatic carbocycles. The Morgan fingerprint density at radius 1 is 1.16 bits per heavy atom. The van der Waals surface area contributed by atoms with Gasteiger partial charge < -0.3 is 9.47 Å². The molecule has 0 spiro atoms. The highest BCUT2D eigenvalue weighted by Crippen LogP contribution is 2.44. The molecule has 3 heterocycles. The molecule has 0 amide bonds. The maximum atomic E-state index is 14.3. The van der Waals surface area contributed by atoms with E-state index >= 15 is 0 Å². The molecular weight excluding hydrogens is 417 g/mol. The van der Waals surface area contributed by atoms with E-state index in [1.54, 1.807) is 25.4 Å². The molecule has 4 rings (SSSR count). The third-order valence-corrected chi connectivity index (χ3v) is 5.86. The maximum Gasteiger partial charge on any atom is 0.224 e. The Morgan fingerprint density at radius 3 is 2.52 bits per heavy atom. The molecule has 7 heteroatoms. The van der Waals surface area contributed by atoms with Crippen molar-refractivity contribution in [3.05, 3.63) is 59.3 Å². The molecule has 5 nitrogen and oxygen atoms in total. The lowest BCUT2D eigenvalue weighted by Gasteiger charge is -2.45. The van der Waals surface area contributed by atoms with Crippen LogP contribution in [0, 0.1) is 5.82 Å². The van der Waals surface area contributed by atoms with Crippen molar-refractivity contribution in [3.63, 3.8) is 0 Å². The highest BCUT2D eigenvalue weighted by atomic mass is 35.5. The van der Waals surface area contributed by atoms with E-state index in [1.165, 1.54) is 6.07 Å². The fourth-order valence-electron chi connectivity index (χ4n) is 4.64. The first-order valence-electron chi connectivity index (χ1n) is 10.3. The Morgan fingerprint density at radius 2 is 1.87 bits per heavy atom. The number of rotatable bonds is 4. The van der Waals surface area contributed by atoms with Crippen LogP contribution in [-0.2, 0) is 4.74 Å². The predicted molar refractivity (Wildman–Crippen MR) is 120 cm³/mol. The van der Waals surface area contributed by atoms with Crippen LogP contribution in [0.1, 0.15) is 52.1 Å². The molecular formula is C24H27ClFN3O2. The van der Waals surface area contributed by atoms with Crippen LogP contribution in [0.25, 0.3) is 17.1 Å². The number of hydrogen-bond donors (Lipinski definition) is 0. The maximum absolute atomic E-state index is 14.3. The minimum Gasteiger partial charge on any atom is -0.480 e. The summed E-state index contributed by atoms with van der Waals surface area (Å²) >= 11 is 5.92. The van der Waals surface area contributed by atoms with Crippen LogP contribution in [0.4, 0.5) is 4.39 Å². The Balaban J connectivity index is 1.87. The van der Waals surface area contributed by atoms with Gasteiger partial charge in [-0.1, -0.05) is 11.6 Å². The molecule has 1 aliphatic heterocycles. The van der Waals surface area contributed by atoms with E-state index in [0.717, 1.165) is 24.1 Å². The quantitative estimate of drug-likeness (QED) is 0.482. The third kappa shape index (κ3) is 4.46. The Bertz CT molecular complexity index is 1090. The highest BCUT2D eigenvalue weighted by molar-refractivity contribution is 6.30. The fraction of sp³-hybridized carbons (Fsp3) is 0.417. The molecule has 1 aromatic carbocycles. The van der Waals surface area contributed by atoms with Gasteiger partial charge in [-0.05, 0) is 70.9 Å². The van der Waals surface area contributed by atoms with Gasteiger partial charge in [-0.25, -0.2) is 14.4 Å². The molecule has 3 aromatic rings. The second kappa shape index (κ2) is 7.92. The monoisotopic (exact) mass is 443 g/mol. The second-order valence-electron chi connectivity index (χ2n) is 9.24. The van der Waals surface area contributed by atoms with Crippen molar-refractivity contribution >= 4 is 11.6 Å². The average Bonchev–Trinajstić information content (AvgIpc) is 3.13. The van der Waals surface area contributed by atoms with Crippen molar-refractivity contribution < 1.29 is 13.9 Å². The van der Waals surface area contributed by atoms with Crippen molar-refractivity contribution in [3.8, 4) is 23.0 Å². The van der Waals surface area contributed by atoms with Gasteiger partial charge in [0.25, 0.3) is 0 Å². The van der Waals surface area contributed by atoms with Gasteiger partial charge in [0.2, 0.25) is 5.88 Å². The molecule has 0 bridgehead atoms. The van der Waals surface area contributed by atoms with Crippen LogP contribution in [0.5, 0.6) is 5.88 Å². The van der Waals surface area contributed by atoms with Crippen LogP contribution < -0.4 is 4.74 Å². The molecule has 0 N–H and O–H groups in total. The number of nitrogens with zero attached hydrogens (tertiary/aromatic N) is 3. The zero-order valence-electron chi connectivity index (χ0n) is 18.4. The SMILES string of the molecule is COc1ncccc1-c1nc(C2CC(C)(C)OC(C)(C)C2)cn1-c1ccc(Cl)c(F)c1. The Labute approximate surface area is 187 Å². The van der Waals surface area contributed by atoms with E-state index in [1.807, 2.05) is 22.9 Å². The minimum atomic E-state index is -0.480. The van der Waals surface area contributed by atoms with Crippen LogP contribution in [0.3, 0.4) is 0 Å². The molecule has 0 unspecified atom stereocenters. The summed E-state index contributed by atoms with van der Waals surface area (Å²) in [5, 5.41) is 0.0810. The zero-order chi connectivity index (χ0) is 22.4. The summed E-state index contributed by atoms with van der Waals surface area (Å²) in [6.07, 6.45) is 5.33. The van der Waals surface area contributed by atoms with Crippen molar-refractivity contribution in [1.29, 1.82) is 0 Å². The predicted octanol–water partition coefficient (Wildman–Crippen LogP) is 6.19. The molecule has 1 fully saturated rings. The lowest BCUT2D eigenvalue weighted by atomic mass is 9.79. The Kier molecular flexibility index (Phi) is 5.56. The van der Waals surface area contributed by atoms with E-state index in [4.69, 9.17) is 26.1 Å². The van der Waals surface area contributed by atoms with Gasteiger partial charge in [0.1, 0.15) is 11.6 Å². The fourth-order valence-corrected chi connectivity index (χ4v) is 4.76. The molecule has 164 valence electrons. The molecule has 1 aliphatic rings. The van der Waals surface area contributed by atoms with E-state index in [2.05, 4.69) is 32.7 Å². The van der Waals surface area contributed by atoms with Gasteiger partial charge in [-0.15, -0.1) is 0 Å². The van der Waals surface area contributed by atoms with E-state index in [0.29, 0.717) is 17.4 Å². The van der Waals surface area contributed by atoms with Crippen molar-refractivity contribution in [1.82, 2.24) is 14.5 Å². The summed E-state index contributed by atoms with van der Waals surface area (Å²) in [7, 11) is 1.57. The van der Waals surface area contributed by atoms with Crippen LogP contribution in [0.2, 0.25) is 5.02 Å². The first-order valence-corrected chi connectivity index (χ1v) is 10.7. The van der Waals surface area contributed by atoms with Gasteiger partial charge >= 0.3 is 0 Å². The zero-order valence-corrected chi connectivity index (χ0v) is 19.2. The highest BCUT2D eigenvalue weighted by Gasteiger charge is 2.41. The Hall–Kier alpha value is -2.44. The average molecular weight is 444 g/mol. The van der Waals surface area contributed by atoms with Gasteiger partial charge in [0, 0.05) is 18.3 Å². The number of ether oxygens (including phenoxy) is 2. The second-order valence-corrected chi connectivity index (χ2v) is 9.65. The van der Waals surface area contributed by atoms with Crippen LogP contribution >= 0.6 is 11.6 Å². The van der Waals surface area contributed by atoms with E-state index in [-0.39, 0.29) is 22.1 Å². The molecule has 1 saturated heterocycles. The number of halogens is 2. The number of pyridine rings is 1. The molecule has 0 saturated carbocycles. The van der Waals surface area contributed by atoms with Gasteiger partial charge in [-0.3, -0.25) is 4.57 Å². The largest absolute Gasteiger partial charge is 0.480 e. The van der Waals surface area contributed by atoms with Crippen molar-refractivity contribution in [2.45, 2.75) is 57.7 Å². The summed E-state index contributed by atoms with van der Waals surface area (Å²) in [4.78, 5) is 9.32. The topological polar surface area (TPSA) is 49.2 Å². The third-order valence-electron chi connectivity index (χ3n) is 5.56. The number of imidazole rings is 1. The minimum absolute atomic E-state index is 0.0810. The summed E-state index contributed by atoms with van der Waals surface area (Å²) < 4.78 is 27.9. The van der Waals surface area contributed by atoms with Gasteiger partial charge in [0.15, 0.2) is 0 Å². The number of benzene rings is 1. The van der Waals surface area contributed by atoms with E-state index in [9.17, 15) is 4.39 Å². The smallest absolute Gasteiger partial charge is 0.224 e. The lowest BCUT2D eigenvalue weighted by molar-refractivity contribution is -0.162. The molecule has 2 aromatic heterocycles. The van der Waals surface area contributed by atoms with Crippen molar-refractivity contribution in [2.75, 3.05) is 7.11 Å². The summed E-state index contributed by atoms with van der Waals surface area (Å²) in [5.41, 5.74) is 1.76. The van der Waals surface area contributed by atoms with Gasteiger partial charge in [-0.2, -0.15) is 0 Å². The summed E-state index contributed by atoms with van der Waals surface area (Å²) in [5.74, 6) is 0.817. The van der Waals surface area contributed by atoms with Gasteiger partial charge in [0.05, 0.1) is 40.3 Å². The first-order chi connectivity index (χ1) is 14.6. The molecule has 0 atom stereocenters. The number of aromatic nitrogens is 3. The lowest BCUT2D eigenvalue weighted by Crippen LogP contribution is -2.44. The number of hydrogen-bond acceptors (Lipinski definition) is 4. The molecule has 31 heavy (non-hydrogen) atoms. The van der Waals surface area contributed by atoms with Crippen LogP contribution in [-0.4, -0.2) is 32.8 Å². The summed E-state index contributed by atoms with van der Waals surface area (Å²) in [6.45, 7) is 8.43. The molecule has 0 radical (unpaired) electrons. The number of methoxy groups -OCH3 is 1. The summed E-state index contributed by atoms with van der Waals surface area (Å²) in [6, 6.07) is 8.48. The van der Waals surface area contributed by atoms with Crippen molar-refractivity contribution in [2.24, 2.45) is 0 Å². The normalized spacial score (nSPS) is 18.2. The first kappa shape index (κ1) is 21.8. The van der Waals surface area contributed by atoms with E-state index < -0.39 is 5.82 Å². The van der Waals surface area contributed by atoms with Crippen LogP contribution in [0.15, 0.2) is 42.7 Å².